The molecule has 0 aromatic heterocycles. The maximum absolute atomic E-state index is 12.8. The molecule has 11 nitrogen and oxygen atoms in total. The number of rotatable bonds is 9. The Labute approximate surface area is 197 Å². The van der Waals surface area contributed by atoms with Gasteiger partial charge in [-0.15, -0.1) is 0 Å². The number of carbonyl (C=O) groups excluding carboxylic acids is 2. The number of sulfonamides is 1. The molecule has 3 rings (SSSR count). The SMILES string of the molecule is COc1cc(C(=O)NCC(=O)Nc2cc(S(=O)(=O)N3CCCC3)ccc2O)cc(OC)c1OC. The number of amides is 2. The quantitative estimate of drug-likeness (QED) is 0.447. The molecule has 2 amide bonds. The van der Waals surface area contributed by atoms with Gasteiger partial charge in [0.15, 0.2) is 11.5 Å². The number of nitrogens with zero attached hydrogens (tertiary/aromatic N) is 1. The van der Waals surface area contributed by atoms with Gasteiger partial charge in [-0.05, 0) is 43.2 Å². The van der Waals surface area contributed by atoms with Crippen LogP contribution in [-0.4, -0.2) is 70.6 Å². The van der Waals surface area contributed by atoms with Gasteiger partial charge < -0.3 is 30.0 Å². The van der Waals surface area contributed by atoms with Crippen molar-refractivity contribution in [2.75, 3.05) is 46.3 Å². The van der Waals surface area contributed by atoms with E-state index in [4.69, 9.17) is 14.2 Å². The number of benzene rings is 2. The summed E-state index contributed by atoms with van der Waals surface area (Å²) < 4.78 is 42.5. The van der Waals surface area contributed by atoms with Gasteiger partial charge in [0.2, 0.25) is 21.7 Å². The molecule has 0 unspecified atom stereocenters. The summed E-state index contributed by atoms with van der Waals surface area (Å²) in [6.07, 6.45) is 1.57. The highest BCUT2D eigenvalue weighted by Gasteiger charge is 2.28. The summed E-state index contributed by atoms with van der Waals surface area (Å²) in [7, 11) is 0.536. The van der Waals surface area contributed by atoms with Crippen molar-refractivity contribution in [2.24, 2.45) is 0 Å². The molecule has 34 heavy (non-hydrogen) atoms. The summed E-state index contributed by atoms with van der Waals surface area (Å²) in [5.74, 6) is -0.672. The number of phenolic OH excluding ortho intramolecular Hbond substituents is 1. The minimum atomic E-state index is -3.73. The smallest absolute Gasteiger partial charge is 0.251 e. The number of phenols is 1. The predicted molar refractivity (Wildman–Crippen MR) is 123 cm³/mol. The van der Waals surface area contributed by atoms with Crippen molar-refractivity contribution in [3.05, 3.63) is 35.9 Å². The molecule has 0 aliphatic carbocycles. The number of carbonyl (C=O) groups is 2. The first-order valence-electron chi connectivity index (χ1n) is 10.4. The summed E-state index contributed by atoms with van der Waals surface area (Å²) in [6, 6.07) is 6.56. The molecule has 0 spiro atoms. The molecule has 1 aliphatic rings. The van der Waals surface area contributed by atoms with Crippen molar-refractivity contribution >= 4 is 27.5 Å². The lowest BCUT2D eigenvalue weighted by molar-refractivity contribution is -0.115. The Morgan fingerprint density at radius 1 is 1.00 bits per heavy atom. The standard InChI is InChI=1S/C22H27N3O8S/c1-31-18-10-14(11-19(32-2)21(18)33-3)22(28)23-13-20(27)24-16-12-15(6-7-17(16)26)34(29,30)25-8-4-5-9-25/h6-7,10-12,26H,4-5,8-9,13H2,1-3H3,(H,23,28)(H,24,27). The lowest BCUT2D eigenvalue weighted by Gasteiger charge is -2.17. The van der Waals surface area contributed by atoms with E-state index in [-0.39, 0.29) is 33.4 Å². The zero-order valence-corrected chi connectivity index (χ0v) is 19.9. The van der Waals surface area contributed by atoms with Crippen LogP contribution in [0, 0.1) is 0 Å². The molecule has 2 aromatic carbocycles. The Morgan fingerprint density at radius 3 is 2.18 bits per heavy atom. The molecule has 3 N–H and O–H groups in total. The molecule has 0 saturated carbocycles. The number of anilines is 1. The van der Waals surface area contributed by atoms with Gasteiger partial charge in [-0.2, -0.15) is 4.31 Å². The summed E-state index contributed by atoms with van der Waals surface area (Å²) in [4.78, 5) is 24.9. The fourth-order valence-corrected chi connectivity index (χ4v) is 5.07. The van der Waals surface area contributed by atoms with Crippen LogP contribution in [0.1, 0.15) is 23.2 Å². The molecule has 0 radical (unpaired) electrons. The third kappa shape index (κ3) is 5.34. The average Bonchev–Trinajstić information content (AvgIpc) is 3.38. The van der Waals surface area contributed by atoms with Crippen molar-refractivity contribution in [2.45, 2.75) is 17.7 Å². The predicted octanol–water partition coefficient (Wildman–Crippen LogP) is 1.57. The van der Waals surface area contributed by atoms with Gasteiger partial charge in [-0.1, -0.05) is 0 Å². The van der Waals surface area contributed by atoms with E-state index in [1.807, 2.05) is 0 Å². The Morgan fingerprint density at radius 2 is 1.62 bits per heavy atom. The van der Waals surface area contributed by atoms with Crippen molar-refractivity contribution in [1.29, 1.82) is 0 Å². The van der Waals surface area contributed by atoms with E-state index in [9.17, 15) is 23.1 Å². The first kappa shape index (κ1) is 25.1. The summed E-state index contributed by atoms with van der Waals surface area (Å²) in [6.45, 7) is 0.424. The second kappa shape index (κ2) is 10.6. The maximum atomic E-state index is 12.8. The molecule has 0 atom stereocenters. The van der Waals surface area contributed by atoms with Crippen molar-refractivity contribution < 1.29 is 37.3 Å². The van der Waals surface area contributed by atoms with Crippen molar-refractivity contribution in [1.82, 2.24) is 9.62 Å². The first-order chi connectivity index (χ1) is 16.2. The molecule has 1 fully saturated rings. The molecular formula is C22H27N3O8S. The topological polar surface area (TPSA) is 143 Å². The highest BCUT2D eigenvalue weighted by Crippen LogP contribution is 2.38. The van der Waals surface area contributed by atoms with E-state index < -0.39 is 28.4 Å². The number of nitrogens with one attached hydrogen (secondary N) is 2. The van der Waals surface area contributed by atoms with Crippen LogP contribution in [0.4, 0.5) is 5.69 Å². The Balaban J connectivity index is 1.69. The van der Waals surface area contributed by atoms with Crippen LogP contribution in [0.25, 0.3) is 0 Å². The third-order valence-corrected chi connectivity index (χ3v) is 7.18. The molecular weight excluding hydrogens is 466 g/mol. The molecule has 12 heteroatoms. The fraction of sp³-hybridized carbons (Fsp3) is 0.364. The highest BCUT2D eigenvalue weighted by molar-refractivity contribution is 7.89. The van der Waals surface area contributed by atoms with E-state index in [0.717, 1.165) is 12.8 Å². The molecule has 1 saturated heterocycles. The van der Waals surface area contributed by atoms with Crippen molar-refractivity contribution in [3.63, 3.8) is 0 Å². The minimum Gasteiger partial charge on any atom is -0.506 e. The minimum absolute atomic E-state index is 0.0380. The summed E-state index contributed by atoms with van der Waals surface area (Å²) in [5, 5.41) is 15.0. The number of ether oxygens (including phenoxy) is 3. The van der Waals surface area contributed by atoms with Gasteiger partial charge in [-0.25, -0.2) is 8.42 Å². The number of hydrogen-bond acceptors (Lipinski definition) is 8. The first-order valence-corrected chi connectivity index (χ1v) is 11.9. The lowest BCUT2D eigenvalue weighted by Crippen LogP contribution is -2.33. The van der Waals surface area contributed by atoms with Crippen LogP contribution >= 0.6 is 0 Å². The largest absolute Gasteiger partial charge is 0.506 e. The highest BCUT2D eigenvalue weighted by atomic mass is 32.2. The van der Waals surface area contributed by atoms with Crippen molar-refractivity contribution in [3.8, 4) is 23.0 Å². The normalized spacial score (nSPS) is 13.9. The van der Waals surface area contributed by atoms with E-state index >= 15 is 0 Å². The molecule has 2 aromatic rings. The maximum Gasteiger partial charge on any atom is 0.251 e. The molecule has 0 bridgehead atoms. The van der Waals surface area contributed by atoms with E-state index in [2.05, 4.69) is 10.6 Å². The number of hydrogen-bond donors (Lipinski definition) is 3. The van der Waals surface area contributed by atoms with Gasteiger partial charge in [0.1, 0.15) is 5.75 Å². The molecule has 1 aliphatic heterocycles. The second-order valence-corrected chi connectivity index (χ2v) is 9.37. The van der Waals surface area contributed by atoms with E-state index in [0.29, 0.717) is 18.8 Å². The molecule has 1 heterocycles. The zero-order chi connectivity index (χ0) is 24.9. The van der Waals surface area contributed by atoms with E-state index in [1.165, 1.54) is 56.0 Å². The van der Waals surface area contributed by atoms with Gasteiger partial charge in [-0.3, -0.25) is 9.59 Å². The van der Waals surface area contributed by atoms with E-state index in [1.54, 1.807) is 0 Å². The van der Waals surface area contributed by atoms with Crippen LogP contribution < -0.4 is 24.8 Å². The Bertz CT molecular complexity index is 1150. The summed E-state index contributed by atoms with van der Waals surface area (Å²) in [5.41, 5.74) is 0.0937. The van der Waals surface area contributed by atoms with Crippen LogP contribution in [-0.2, 0) is 14.8 Å². The average molecular weight is 494 g/mol. The van der Waals surface area contributed by atoms with Gasteiger partial charge >= 0.3 is 0 Å². The van der Waals surface area contributed by atoms with Crippen LogP contribution in [0.2, 0.25) is 0 Å². The molecule has 184 valence electrons. The van der Waals surface area contributed by atoms with Crippen LogP contribution in [0.5, 0.6) is 23.0 Å². The van der Waals surface area contributed by atoms with Gasteiger partial charge in [0.25, 0.3) is 5.91 Å². The van der Waals surface area contributed by atoms with Gasteiger partial charge in [0, 0.05) is 18.7 Å². The second-order valence-electron chi connectivity index (χ2n) is 7.44. The lowest BCUT2D eigenvalue weighted by atomic mass is 10.1. The monoisotopic (exact) mass is 493 g/mol. The van der Waals surface area contributed by atoms with Crippen LogP contribution in [0.3, 0.4) is 0 Å². The number of methoxy groups -OCH3 is 3. The van der Waals surface area contributed by atoms with Crippen LogP contribution in [0.15, 0.2) is 35.2 Å². The number of aromatic hydroxyl groups is 1. The third-order valence-electron chi connectivity index (χ3n) is 5.28. The Kier molecular flexibility index (Phi) is 7.84. The zero-order valence-electron chi connectivity index (χ0n) is 19.1. The van der Waals surface area contributed by atoms with Gasteiger partial charge in [0.05, 0.1) is 38.5 Å². The fourth-order valence-electron chi connectivity index (χ4n) is 3.52. The summed E-state index contributed by atoms with van der Waals surface area (Å²) >= 11 is 0. The Hall–Kier alpha value is -3.51.